The second-order valence-electron chi connectivity index (χ2n) is 3.26. The maximum absolute atomic E-state index is 5.71. The molecule has 2 heterocycles. The fraction of sp³-hybridized carbons (Fsp3) is 0.333. The van der Waals surface area contributed by atoms with Crippen LogP contribution in [0.1, 0.15) is 24.4 Å². The number of halogens is 1. The van der Waals surface area contributed by atoms with Gasteiger partial charge in [0.2, 0.25) is 17.2 Å². The molecular formula is C9H11ClN6S. The van der Waals surface area contributed by atoms with Crippen LogP contribution in [0, 0.1) is 0 Å². The summed E-state index contributed by atoms with van der Waals surface area (Å²) in [5.41, 5.74) is 5.50. The van der Waals surface area contributed by atoms with Gasteiger partial charge in [-0.1, -0.05) is 6.92 Å². The minimum absolute atomic E-state index is 0.0490. The molecule has 6 nitrogen and oxygen atoms in total. The lowest BCUT2D eigenvalue weighted by molar-refractivity contribution is 0.730. The average Bonchev–Trinajstić information content (AvgIpc) is 2.77. The zero-order chi connectivity index (χ0) is 12.3. The van der Waals surface area contributed by atoms with Gasteiger partial charge in [0.25, 0.3) is 0 Å². The van der Waals surface area contributed by atoms with Crippen molar-refractivity contribution in [3.63, 3.8) is 0 Å². The number of nitrogens with zero attached hydrogens (tertiary/aromatic N) is 4. The first kappa shape index (κ1) is 12.0. The number of rotatable bonds is 4. The lowest BCUT2D eigenvalue weighted by atomic mass is 10.2. The molecule has 0 aliphatic carbocycles. The van der Waals surface area contributed by atoms with Gasteiger partial charge < -0.3 is 11.1 Å². The highest BCUT2D eigenvalue weighted by molar-refractivity contribution is 7.09. The number of anilines is 2. The molecule has 90 valence electrons. The van der Waals surface area contributed by atoms with E-state index in [9.17, 15) is 0 Å². The zero-order valence-corrected chi connectivity index (χ0v) is 10.7. The molecule has 0 radical (unpaired) electrons. The van der Waals surface area contributed by atoms with E-state index in [1.807, 2.05) is 12.3 Å². The molecule has 1 unspecified atom stereocenters. The van der Waals surface area contributed by atoms with E-state index in [0.717, 1.165) is 11.4 Å². The van der Waals surface area contributed by atoms with Crippen LogP contribution in [0.5, 0.6) is 0 Å². The molecule has 0 bridgehead atoms. The van der Waals surface area contributed by atoms with E-state index in [4.69, 9.17) is 17.3 Å². The lowest BCUT2D eigenvalue weighted by Crippen LogP contribution is -2.13. The van der Waals surface area contributed by atoms with Gasteiger partial charge in [0.1, 0.15) is 5.01 Å². The Labute approximate surface area is 107 Å². The van der Waals surface area contributed by atoms with Gasteiger partial charge in [-0.05, 0) is 18.0 Å². The molecular weight excluding hydrogens is 260 g/mol. The van der Waals surface area contributed by atoms with Crippen molar-refractivity contribution < 1.29 is 0 Å². The molecule has 0 saturated carbocycles. The summed E-state index contributed by atoms with van der Waals surface area (Å²) in [6.45, 7) is 2.05. The second-order valence-corrected chi connectivity index (χ2v) is 4.53. The molecule has 0 saturated heterocycles. The summed E-state index contributed by atoms with van der Waals surface area (Å²) >= 11 is 7.28. The first-order valence-electron chi connectivity index (χ1n) is 5.02. The molecule has 17 heavy (non-hydrogen) atoms. The normalized spacial score (nSPS) is 12.4. The SMILES string of the molecule is CCC(Nc1nc(N)nc(Cl)n1)c1nccs1. The van der Waals surface area contributed by atoms with Crippen molar-refractivity contribution in [1.29, 1.82) is 0 Å². The Morgan fingerprint density at radius 1 is 1.47 bits per heavy atom. The average molecular weight is 271 g/mol. The van der Waals surface area contributed by atoms with E-state index < -0.39 is 0 Å². The zero-order valence-electron chi connectivity index (χ0n) is 9.09. The quantitative estimate of drug-likeness (QED) is 0.885. The Morgan fingerprint density at radius 3 is 2.88 bits per heavy atom. The van der Waals surface area contributed by atoms with Crippen LogP contribution in [-0.2, 0) is 0 Å². The number of hydrogen-bond acceptors (Lipinski definition) is 7. The largest absolute Gasteiger partial charge is 0.368 e. The first-order valence-corrected chi connectivity index (χ1v) is 6.27. The van der Waals surface area contributed by atoms with Crippen LogP contribution < -0.4 is 11.1 Å². The van der Waals surface area contributed by atoms with Gasteiger partial charge in [0.05, 0.1) is 6.04 Å². The molecule has 0 spiro atoms. The van der Waals surface area contributed by atoms with E-state index >= 15 is 0 Å². The highest BCUT2D eigenvalue weighted by Gasteiger charge is 2.13. The van der Waals surface area contributed by atoms with Crippen LogP contribution in [0.15, 0.2) is 11.6 Å². The number of hydrogen-bond donors (Lipinski definition) is 2. The topological polar surface area (TPSA) is 89.6 Å². The maximum Gasteiger partial charge on any atom is 0.229 e. The Morgan fingerprint density at radius 2 is 2.29 bits per heavy atom. The summed E-state index contributed by atoms with van der Waals surface area (Å²) in [6.07, 6.45) is 2.62. The van der Waals surface area contributed by atoms with E-state index in [0.29, 0.717) is 5.95 Å². The fourth-order valence-electron chi connectivity index (χ4n) is 1.33. The smallest absolute Gasteiger partial charge is 0.229 e. The first-order chi connectivity index (χ1) is 8.19. The van der Waals surface area contributed by atoms with Crippen molar-refractivity contribution in [1.82, 2.24) is 19.9 Å². The van der Waals surface area contributed by atoms with Crippen molar-refractivity contribution in [2.75, 3.05) is 11.1 Å². The maximum atomic E-state index is 5.71. The minimum Gasteiger partial charge on any atom is -0.368 e. The van der Waals surface area contributed by atoms with E-state index in [1.54, 1.807) is 17.5 Å². The predicted molar refractivity (Wildman–Crippen MR) is 68.0 cm³/mol. The van der Waals surface area contributed by atoms with Crippen LogP contribution in [0.3, 0.4) is 0 Å². The molecule has 0 amide bonds. The molecule has 0 fully saturated rings. The van der Waals surface area contributed by atoms with E-state index in [1.165, 1.54) is 0 Å². The third kappa shape index (κ3) is 3.01. The van der Waals surface area contributed by atoms with Crippen molar-refractivity contribution in [2.24, 2.45) is 0 Å². The second kappa shape index (κ2) is 5.24. The molecule has 1 atom stereocenters. The predicted octanol–water partition coefficient (Wildman–Crippen LogP) is 2.13. The van der Waals surface area contributed by atoms with Crippen molar-refractivity contribution in [3.8, 4) is 0 Å². The van der Waals surface area contributed by atoms with Crippen LogP contribution in [-0.4, -0.2) is 19.9 Å². The van der Waals surface area contributed by atoms with Gasteiger partial charge in [-0.2, -0.15) is 15.0 Å². The van der Waals surface area contributed by atoms with Crippen LogP contribution >= 0.6 is 22.9 Å². The summed E-state index contributed by atoms with van der Waals surface area (Å²) in [4.78, 5) is 15.9. The number of aromatic nitrogens is 4. The summed E-state index contributed by atoms with van der Waals surface area (Å²) in [6, 6.07) is 0.0490. The molecule has 2 aromatic heterocycles. The number of nitrogen functional groups attached to an aromatic ring is 1. The highest BCUT2D eigenvalue weighted by atomic mass is 35.5. The molecule has 8 heteroatoms. The molecule has 3 N–H and O–H groups in total. The monoisotopic (exact) mass is 270 g/mol. The van der Waals surface area contributed by atoms with Gasteiger partial charge in [-0.15, -0.1) is 11.3 Å². The number of nitrogens with two attached hydrogens (primary N) is 1. The standard InChI is InChI=1S/C9H11ClN6S/c1-2-5(6-12-3-4-17-6)13-9-15-7(10)14-8(11)16-9/h3-5H,2H2,1H3,(H3,11,13,14,15,16). The van der Waals surface area contributed by atoms with Crippen LogP contribution in [0.25, 0.3) is 0 Å². The molecule has 2 rings (SSSR count). The van der Waals surface area contributed by atoms with Crippen molar-refractivity contribution in [3.05, 3.63) is 21.9 Å². The Kier molecular flexibility index (Phi) is 3.70. The Balaban J connectivity index is 2.18. The minimum atomic E-state index is 0.0490. The molecule has 2 aromatic rings. The highest BCUT2D eigenvalue weighted by Crippen LogP contribution is 2.22. The third-order valence-electron chi connectivity index (χ3n) is 2.09. The summed E-state index contributed by atoms with van der Waals surface area (Å²) < 4.78 is 0. The van der Waals surface area contributed by atoms with Crippen LogP contribution in [0.4, 0.5) is 11.9 Å². The Bertz CT molecular complexity index is 468. The van der Waals surface area contributed by atoms with Crippen molar-refractivity contribution in [2.45, 2.75) is 19.4 Å². The molecule has 0 aliphatic heterocycles. The van der Waals surface area contributed by atoms with Gasteiger partial charge >= 0.3 is 0 Å². The number of nitrogens with one attached hydrogen (secondary N) is 1. The van der Waals surface area contributed by atoms with Crippen molar-refractivity contribution >= 4 is 34.8 Å². The van der Waals surface area contributed by atoms with Gasteiger partial charge in [0, 0.05) is 11.6 Å². The molecule has 0 aliphatic rings. The van der Waals surface area contributed by atoms with E-state index in [2.05, 4.69) is 25.3 Å². The summed E-state index contributed by atoms with van der Waals surface area (Å²) in [5.74, 6) is 0.464. The molecule has 0 aromatic carbocycles. The number of thiazole rings is 1. The summed E-state index contributed by atoms with van der Waals surface area (Å²) in [7, 11) is 0. The van der Waals surface area contributed by atoms with Gasteiger partial charge in [-0.3, -0.25) is 0 Å². The van der Waals surface area contributed by atoms with Gasteiger partial charge in [0.15, 0.2) is 0 Å². The Hall–Kier alpha value is -1.47. The van der Waals surface area contributed by atoms with Crippen LogP contribution in [0.2, 0.25) is 5.28 Å². The third-order valence-corrected chi connectivity index (χ3v) is 3.14. The fourth-order valence-corrected chi connectivity index (χ4v) is 2.27. The summed E-state index contributed by atoms with van der Waals surface area (Å²) in [5, 5.41) is 6.11. The van der Waals surface area contributed by atoms with E-state index in [-0.39, 0.29) is 17.3 Å². The van der Waals surface area contributed by atoms with Gasteiger partial charge in [-0.25, -0.2) is 4.98 Å². The lowest BCUT2D eigenvalue weighted by Gasteiger charge is -2.14.